The van der Waals surface area contributed by atoms with Crippen LogP contribution < -0.4 is 14.8 Å². The molecule has 0 aliphatic carbocycles. The van der Waals surface area contributed by atoms with Gasteiger partial charge in [0.05, 0.1) is 23.3 Å². The van der Waals surface area contributed by atoms with Crippen molar-refractivity contribution in [3.05, 3.63) is 94.1 Å². The fourth-order valence-corrected chi connectivity index (χ4v) is 3.90. The molecule has 4 rings (SSSR count). The molecule has 33 heavy (non-hydrogen) atoms. The molecule has 1 aliphatic rings. The molecule has 1 aliphatic heterocycles. The molecule has 0 saturated carbocycles. The number of rotatable bonds is 5. The van der Waals surface area contributed by atoms with Crippen molar-refractivity contribution in [1.29, 1.82) is 0 Å². The number of aryl methyl sites for hydroxylation is 1. The van der Waals surface area contributed by atoms with E-state index in [1.807, 2.05) is 31.2 Å². The van der Waals surface area contributed by atoms with Gasteiger partial charge in [0, 0.05) is 0 Å². The highest BCUT2D eigenvalue weighted by Crippen LogP contribution is 2.33. The van der Waals surface area contributed by atoms with Crippen molar-refractivity contribution in [3.8, 4) is 11.5 Å². The molecular weight excluding hydrogens is 443 g/mol. The minimum Gasteiger partial charge on any atom is -0.493 e. The number of para-hydroxylation sites is 1. The topological polar surface area (TPSA) is 77.0 Å². The maximum Gasteiger partial charge on any atom is 0.346 e. The van der Waals surface area contributed by atoms with Crippen LogP contribution in [0, 0.1) is 12.7 Å². The van der Waals surface area contributed by atoms with Gasteiger partial charge in [-0.2, -0.15) is 0 Å². The van der Waals surface area contributed by atoms with Crippen LogP contribution in [0.15, 0.2) is 76.6 Å². The van der Waals surface area contributed by atoms with Crippen molar-refractivity contribution in [1.82, 2.24) is 5.32 Å². The zero-order chi connectivity index (χ0) is 23.4. The molecular formula is C25H19FN2O4S. The van der Waals surface area contributed by atoms with Gasteiger partial charge in [-0.25, -0.2) is 14.2 Å². The van der Waals surface area contributed by atoms with Crippen molar-refractivity contribution in [2.24, 2.45) is 4.99 Å². The largest absolute Gasteiger partial charge is 0.493 e. The summed E-state index contributed by atoms with van der Waals surface area (Å²) in [5, 5.41) is 3.25. The number of ether oxygens (including phenoxy) is 2. The number of hydrogen-bond acceptors (Lipinski definition) is 6. The number of esters is 1. The average molecular weight is 463 g/mol. The third kappa shape index (κ3) is 5.12. The first-order valence-corrected chi connectivity index (χ1v) is 10.8. The van der Waals surface area contributed by atoms with Gasteiger partial charge in [-0.3, -0.25) is 4.79 Å². The normalized spacial score (nSPS) is 15.5. The number of halogens is 1. The predicted molar refractivity (Wildman–Crippen MR) is 126 cm³/mol. The van der Waals surface area contributed by atoms with Crippen molar-refractivity contribution in [3.63, 3.8) is 0 Å². The second kappa shape index (κ2) is 9.70. The number of nitrogens with one attached hydrogen (secondary N) is 1. The van der Waals surface area contributed by atoms with Crippen molar-refractivity contribution in [2.45, 2.75) is 6.92 Å². The van der Waals surface area contributed by atoms with E-state index in [1.165, 1.54) is 43.1 Å². The molecule has 8 heteroatoms. The Morgan fingerprint density at radius 2 is 1.82 bits per heavy atom. The van der Waals surface area contributed by atoms with Gasteiger partial charge in [-0.05, 0) is 66.2 Å². The van der Waals surface area contributed by atoms with Crippen LogP contribution in [0.4, 0.5) is 10.1 Å². The monoisotopic (exact) mass is 462 g/mol. The first kappa shape index (κ1) is 22.3. The maximum absolute atomic E-state index is 13.9. The summed E-state index contributed by atoms with van der Waals surface area (Å²) in [5.41, 5.74) is 2.27. The van der Waals surface area contributed by atoms with E-state index in [9.17, 15) is 14.0 Å². The Morgan fingerprint density at radius 3 is 2.58 bits per heavy atom. The lowest BCUT2D eigenvalue weighted by Crippen LogP contribution is -2.19. The Hall–Kier alpha value is -3.91. The molecule has 3 aromatic carbocycles. The summed E-state index contributed by atoms with van der Waals surface area (Å²) in [7, 11) is 1.43. The van der Waals surface area contributed by atoms with Gasteiger partial charge in [0.2, 0.25) is 0 Å². The number of amidine groups is 1. The molecule has 0 bridgehead atoms. The number of nitrogens with zero attached hydrogens (tertiary/aromatic N) is 1. The zero-order valence-electron chi connectivity index (χ0n) is 17.8. The number of carbonyl (C=O) groups is 2. The summed E-state index contributed by atoms with van der Waals surface area (Å²) < 4.78 is 24.5. The van der Waals surface area contributed by atoms with Crippen LogP contribution >= 0.6 is 11.8 Å². The van der Waals surface area contributed by atoms with Crippen LogP contribution in [0.1, 0.15) is 21.5 Å². The van der Waals surface area contributed by atoms with Crippen LogP contribution in [-0.2, 0) is 4.79 Å². The minimum absolute atomic E-state index is 0.137. The summed E-state index contributed by atoms with van der Waals surface area (Å²) >= 11 is 1.23. The van der Waals surface area contributed by atoms with E-state index in [-0.39, 0.29) is 23.0 Å². The Morgan fingerprint density at radius 1 is 1.06 bits per heavy atom. The lowest BCUT2D eigenvalue weighted by Gasteiger charge is -2.10. The lowest BCUT2D eigenvalue weighted by atomic mass is 10.1. The summed E-state index contributed by atoms with van der Waals surface area (Å²) in [6, 6.07) is 18.0. The number of aliphatic imine (C=N–C) groups is 1. The van der Waals surface area contributed by atoms with Crippen molar-refractivity contribution >= 4 is 40.6 Å². The second-order valence-corrected chi connectivity index (χ2v) is 8.08. The van der Waals surface area contributed by atoms with Crippen LogP contribution in [0.2, 0.25) is 0 Å². The molecule has 0 spiro atoms. The van der Waals surface area contributed by atoms with Gasteiger partial charge in [0.1, 0.15) is 5.82 Å². The van der Waals surface area contributed by atoms with Crippen LogP contribution in [0.3, 0.4) is 0 Å². The molecule has 0 radical (unpaired) electrons. The van der Waals surface area contributed by atoms with Crippen LogP contribution in [0.5, 0.6) is 11.5 Å². The Balaban J connectivity index is 1.54. The molecule has 6 nitrogen and oxygen atoms in total. The lowest BCUT2D eigenvalue weighted by molar-refractivity contribution is -0.115. The average Bonchev–Trinajstić information content (AvgIpc) is 3.15. The number of benzene rings is 3. The molecule has 1 amide bonds. The minimum atomic E-state index is -0.833. The highest BCUT2D eigenvalue weighted by Gasteiger charge is 2.24. The Labute approximate surface area is 194 Å². The van der Waals surface area contributed by atoms with Gasteiger partial charge in [0.15, 0.2) is 16.7 Å². The third-order valence-electron chi connectivity index (χ3n) is 4.77. The Bertz CT molecular complexity index is 1300. The number of thioether (sulfide) groups is 1. The standard InChI is InChI=1S/C25H19FN2O4S/c1-15-7-3-6-10-19(15)27-25-28-23(29)22(33-25)14-16-11-12-20(21(13-16)31-2)32-24(30)17-8-4-5-9-18(17)26/h3-14H,1-2H3,(H,27,28,29)/b22-14-. The van der Waals surface area contributed by atoms with Crippen LogP contribution in [0.25, 0.3) is 6.08 Å². The quantitative estimate of drug-likeness (QED) is 0.318. The Kier molecular flexibility index (Phi) is 6.55. The van der Waals surface area contributed by atoms with E-state index in [2.05, 4.69) is 10.3 Å². The van der Waals surface area contributed by atoms with E-state index >= 15 is 0 Å². The molecule has 1 fully saturated rings. The summed E-state index contributed by atoms with van der Waals surface area (Å²) in [6.45, 7) is 1.95. The van der Waals surface area contributed by atoms with Crippen LogP contribution in [-0.4, -0.2) is 24.2 Å². The SMILES string of the molecule is COc1cc(/C=C2\SC(=Nc3ccccc3C)NC2=O)ccc1OC(=O)c1ccccc1F. The summed E-state index contributed by atoms with van der Waals surface area (Å²) in [6.07, 6.45) is 1.69. The molecule has 0 atom stereocenters. The number of amides is 1. The molecule has 0 aromatic heterocycles. The highest BCUT2D eigenvalue weighted by molar-refractivity contribution is 8.18. The molecule has 3 aromatic rings. The zero-order valence-corrected chi connectivity index (χ0v) is 18.6. The maximum atomic E-state index is 13.9. The second-order valence-electron chi connectivity index (χ2n) is 7.05. The summed E-state index contributed by atoms with van der Waals surface area (Å²) in [5.74, 6) is -1.36. The van der Waals surface area contributed by atoms with E-state index in [1.54, 1.807) is 24.3 Å². The first-order valence-electron chi connectivity index (χ1n) is 9.94. The van der Waals surface area contributed by atoms with Gasteiger partial charge >= 0.3 is 5.97 Å². The van der Waals surface area contributed by atoms with Gasteiger partial charge in [-0.1, -0.05) is 36.4 Å². The molecule has 0 unspecified atom stereocenters. The van der Waals surface area contributed by atoms with Gasteiger partial charge < -0.3 is 14.8 Å². The highest BCUT2D eigenvalue weighted by atomic mass is 32.2. The predicted octanol–water partition coefficient (Wildman–Crippen LogP) is 5.25. The first-order chi connectivity index (χ1) is 15.9. The number of carbonyl (C=O) groups excluding carboxylic acids is 2. The van der Waals surface area contributed by atoms with E-state index in [0.717, 1.165) is 11.3 Å². The van der Waals surface area contributed by atoms with Gasteiger partial charge in [-0.15, -0.1) is 0 Å². The third-order valence-corrected chi connectivity index (χ3v) is 5.68. The van der Waals surface area contributed by atoms with Gasteiger partial charge in [0.25, 0.3) is 5.91 Å². The smallest absolute Gasteiger partial charge is 0.346 e. The van der Waals surface area contributed by atoms with Crippen molar-refractivity contribution in [2.75, 3.05) is 7.11 Å². The van der Waals surface area contributed by atoms with E-state index in [4.69, 9.17) is 9.47 Å². The van der Waals surface area contributed by atoms with E-state index < -0.39 is 11.8 Å². The fourth-order valence-electron chi connectivity index (χ4n) is 3.07. The summed E-state index contributed by atoms with van der Waals surface area (Å²) in [4.78, 5) is 29.7. The molecule has 1 saturated heterocycles. The molecule has 1 N–H and O–H groups in total. The number of hydrogen-bond donors (Lipinski definition) is 1. The molecule has 166 valence electrons. The number of methoxy groups -OCH3 is 1. The van der Waals surface area contributed by atoms with E-state index in [0.29, 0.717) is 15.6 Å². The molecule has 1 heterocycles. The van der Waals surface area contributed by atoms with Crippen molar-refractivity contribution < 1.29 is 23.5 Å². The fraction of sp³-hybridized carbons (Fsp3) is 0.0800.